The number of halogens is 1. The molecule has 0 aliphatic heterocycles. The molecule has 6 heteroatoms. The minimum absolute atomic E-state index is 0.217. The molecule has 0 aromatic heterocycles. The molecule has 0 fully saturated rings. The summed E-state index contributed by atoms with van der Waals surface area (Å²) < 4.78 is 18.5. The highest BCUT2D eigenvalue weighted by molar-refractivity contribution is 5.79. The maximum atomic E-state index is 13.3. The Morgan fingerprint density at radius 3 is 2.54 bits per heavy atom. The van der Waals surface area contributed by atoms with Crippen LogP contribution >= 0.6 is 0 Å². The molecule has 0 aliphatic rings. The van der Waals surface area contributed by atoms with Gasteiger partial charge in [-0.25, -0.2) is 9.38 Å². The number of aliphatic imine (C=N–C) groups is 1. The van der Waals surface area contributed by atoms with Crippen molar-refractivity contribution in [1.82, 2.24) is 10.6 Å². The molecular formula is C20H26FN3O2. The first-order valence-corrected chi connectivity index (χ1v) is 8.62. The van der Waals surface area contributed by atoms with Crippen LogP contribution in [0.25, 0.3) is 0 Å². The van der Waals surface area contributed by atoms with Crippen molar-refractivity contribution in [3.05, 3.63) is 65.0 Å². The second-order valence-corrected chi connectivity index (χ2v) is 5.95. The summed E-state index contributed by atoms with van der Waals surface area (Å²) in [5.74, 6) is 1.13. The molecule has 0 heterocycles. The lowest BCUT2D eigenvalue weighted by Gasteiger charge is -2.16. The number of methoxy groups -OCH3 is 1. The van der Waals surface area contributed by atoms with Gasteiger partial charge in [0.1, 0.15) is 11.6 Å². The number of ether oxygens (including phenoxy) is 1. The summed E-state index contributed by atoms with van der Waals surface area (Å²) in [4.78, 5) is 4.49. The van der Waals surface area contributed by atoms with Gasteiger partial charge in [0.2, 0.25) is 0 Å². The van der Waals surface area contributed by atoms with Crippen LogP contribution in [0.2, 0.25) is 0 Å². The number of hydrogen-bond donors (Lipinski definition) is 3. The summed E-state index contributed by atoms with van der Waals surface area (Å²) in [6.07, 6.45) is -0.669. The average molecular weight is 359 g/mol. The van der Waals surface area contributed by atoms with Crippen LogP contribution in [0.1, 0.15) is 29.7 Å². The number of guanidine groups is 1. The van der Waals surface area contributed by atoms with Crippen molar-refractivity contribution in [3.63, 3.8) is 0 Å². The van der Waals surface area contributed by atoms with Crippen LogP contribution in [0.15, 0.2) is 47.5 Å². The molecule has 140 valence electrons. The van der Waals surface area contributed by atoms with Gasteiger partial charge in [0.25, 0.3) is 0 Å². The third kappa shape index (κ3) is 5.74. The van der Waals surface area contributed by atoms with E-state index < -0.39 is 6.10 Å². The number of aryl methyl sites for hydroxylation is 1. The van der Waals surface area contributed by atoms with Crippen molar-refractivity contribution < 1.29 is 14.2 Å². The summed E-state index contributed by atoms with van der Waals surface area (Å²) in [5, 5.41) is 16.6. The van der Waals surface area contributed by atoms with Crippen molar-refractivity contribution in [2.45, 2.75) is 26.5 Å². The van der Waals surface area contributed by atoms with E-state index in [1.54, 1.807) is 26.2 Å². The molecule has 3 N–H and O–H groups in total. The highest BCUT2D eigenvalue weighted by Crippen LogP contribution is 2.17. The lowest BCUT2D eigenvalue weighted by molar-refractivity contribution is 0.180. The Bertz CT molecular complexity index is 732. The normalized spacial score (nSPS) is 12.6. The molecule has 0 amide bonds. The SMILES string of the molecule is CCNC(=NCc1ccc(F)c(C)c1)NCC(O)c1ccc(OC)cc1. The number of benzene rings is 2. The largest absolute Gasteiger partial charge is 0.497 e. The van der Waals surface area contributed by atoms with E-state index >= 15 is 0 Å². The number of aliphatic hydroxyl groups excluding tert-OH is 1. The van der Waals surface area contributed by atoms with Gasteiger partial charge in [-0.05, 0) is 48.7 Å². The minimum Gasteiger partial charge on any atom is -0.497 e. The Balaban J connectivity index is 1.96. The number of nitrogens with one attached hydrogen (secondary N) is 2. The van der Waals surface area contributed by atoms with Gasteiger partial charge in [-0.15, -0.1) is 0 Å². The lowest BCUT2D eigenvalue weighted by atomic mass is 10.1. The monoisotopic (exact) mass is 359 g/mol. The van der Waals surface area contributed by atoms with E-state index in [-0.39, 0.29) is 5.82 Å². The Morgan fingerprint density at radius 1 is 1.19 bits per heavy atom. The van der Waals surface area contributed by atoms with Gasteiger partial charge in [0, 0.05) is 13.1 Å². The first kappa shape index (κ1) is 19.7. The van der Waals surface area contributed by atoms with E-state index in [1.165, 1.54) is 6.07 Å². The first-order chi connectivity index (χ1) is 12.5. The standard InChI is InChI=1S/C20H26FN3O2/c1-4-22-20(23-12-15-5-10-18(21)14(2)11-15)24-13-19(25)16-6-8-17(26-3)9-7-16/h5-11,19,25H,4,12-13H2,1-3H3,(H2,22,23,24). The first-order valence-electron chi connectivity index (χ1n) is 8.62. The summed E-state index contributed by atoms with van der Waals surface area (Å²) in [5.41, 5.74) is 2.32. The average Bonchev–Trinajstić information content (AvgIpc) is 2.66. The van der Waals surface area contributed by atoms with Crippen LogP contribution in [-0.4, -0.2) is 31.3 Å². The zero-order valence-corrected chi connectivity index (χ0v) is 15.4. The van der Waals surface area contributed by atoms with E-state index in [0.29, 0.717) is 31.2 Å². The van der Waals surface area contributed by atoms with Crippen LogP contribution in [0.4, 0.5) is 4.39 Å². The fourth-order valence-electron chi connectivity index (χ4n) is 2.45. The fourth-order valence-corrected chi connectivity index (χ4v) is 2.45. The molecule has 0 saturated carbocycles. The maximum absolute atomic E-state index is 13.3. The molecule has 5 nitrogen and oxygen atoms in total. The molecule has 1 unspecified atom stereocenters. The van der Waals surface area contributed by atoms with Gasteiger partial charge >= 0.3 is 0 Å². The molecule has 0 aliphatic carbocycles. The molecular weight excluding hydrogens is 333 g/mol. The molecule has 2 rings (SSSR count). The van der Waals surface area contributed by atoms with Gasteiger partial charge in [-0.2, -0.15) is 0 Å². The third-order valence-electron chi connectivity index (χ3n) is 3.95. The van der Waals surface area contributed by atoms with E-state index in [9.17, 15) is 9.50 Å². The molecule has 26 heavy (non-hydrogen) atoms. The number of hydrogen-bond acceptors (Lipinski definition) is 3. The highest BCUT2D eigenvalue weighted by Gasteiger charge is 2.09. The Kier molecular flexibility index (Phi) is 7.41. The highest BCUT2D eigenvalue weighted by atomic mass is 19.1. The molecule has 0 saturated heterocycles. The van der Waals surface area contributed by atoms with Gasteiger partial charge in [-0.3, -0.25) is 0 Å². The second-order valence-electron chi connectivity index (χ2n) is 5.95. The number of aliphatic hydroxyl groups is 1. The predicted octanol–water partition coefficient (Wildman–Crippen LogP) is 2.93. The van der Waals surface area contributed by atoms with Crippen molar-refractivity contribution in [3.8, 4) is 5.75 Å². The Hall–Kier alpha value is -2.60. The van der Waals surface area contributed by atoms with Crippen LogP contribution in [0.3, 0.4) is 0 Å². The quantitative estimate of drug-likeness (QED) is 0.525. The van der Waals surface area contributed by atoms with Crippen molar-refractivity contribution in [1.29, 1.82) is 0 Å². The molecule has 2 aromatic carbocycles. The Morgan fingerprint density at radius 2 is 1.92 bits per heavy atom. The van der Waals surface area contributed by atoms with Crippen molar-refractivity contribution in [2.75, 3.05) is 20.2 Å². The van der Waals surface area contributed by atoms with E-state index in [0.717, 1.165) is 16.9 Å². The lowest BCUT2D eigenvalue weighted by Crippen LogP contribution is -2.39. The van der Waals surface area contributed by atoms with Gasteiger partial charge in [-0.1, -0.05) is 24.3 Å². The van der Waals surface area contributed by atoms with Crippen LogP contribution < -0.4 is 15.4 Å². The molecule has 0 radical (unpaired) electrons. The fraction of sp³-hybridized carbons (Fsp3) is 0.350. The van der Waals surface area contributed by atoms with Gasteiger partial charge < -0.3 is 20.5 Å². The van der Waals surface area contributed by atoms with E-state index in [4.69, 9.17) is 4.74 Å². The van der Waals surface area contributed by atoms with E-state index in [2.05, 4.69) is 15.6 Å². The Labute approximate surface area is 153 Å². The third-order valence-corrected chi connectivity index (χ3v) is 3.95. The zero-order valence-electron chi connectivity index (χ0n) is 15.4. The van der Waals surface area contributed by atoms with Crippen LogP contribution in [0, 0.1) is 12.7 Å². The zero-order chi connectivity index (χ0) is 18.9. The summed E-state index contributed by atoms with van der Waals surface area (Å²) in [7, 11) is 1.61. The van der Waals surface area contributed by atoms with Crippen molar-refractivity contribution in [2.24, 2.45) is 4.99 Å². The molecule has 1 atom stereocenters. The summed E-state index contributed by atoms with van der Waals surface area (Å²) in [6.45, 7) is 5.15. The van der Waals surface area contributed by atoms with Gasteiger partial charge in [0.05, 0.1) is 19.8 Å². The topological polar surface area (TPSA) is 65.9 Å². The van der Waals surface area contributed by atoms with Gasteiger partial charge in [0.15, 0.2) is 5.96 Å². The number of nitrogens with zero attached hydrogens (tertiary/aromatic N) is 1. The summed E-state index contributed by atoms with van der Waals surface area (Å²) >= 11 is 0. The summed E-state index contributed by atoms with van der Waals surface area (Å²) in [6, 6.07) is 12.3. The van der Waals surface area contributed by atoms with Crippen LogP contribution in [0.5, 0.6) is 5.75 Å². The molecule has 0 spiro atoms. The predicted molar refractivity (Wildman–Crippen MR) is 102 cm³/mol. The smallest absolute Gasteiger partial charge is 0.191 e. The number of rotatable bonds is 7. The van der Waals surface area contributed by atoms with Crippen molar-refractivity contribution >= 4 is 5.96 Å². The molecule has 0 bridgehead atoms. The second kappa shape index (κ2) is 9.77. The van der Waals surface area contributed by atoms with Crippen LogP contribution in [-0.2, 0) is 6.54 Å². The van der Waals surface area contributed by atoms with E-state index in [1.807, 2.05) is 31.2 Å². The molecule has 2 aromatic rings. The maximum Gasteiger partial charge on any atom is 0.191 e. The minimum atomic E-state index is -0.669.